The number of benzene rings is 3. The number of nitrogens with zero attached hydrogens (tertiary/aromatic N) is 2. The minimum absolute atomic E-state index is 0. The van der Waals surface area contributed by atoms with Crippen LogP contribution in [0.4, 0.5) is 0 Å². The van der Waals surface area contributed by atoms with Crippen molar-refractivity contribution in [3.05, 3.63) is 127 Å². The third kappa shape index (κ3) is 8.19. The number of hydrogen-bond acceptors (Lipinski definition) is 2. The van der Waals surface area contributed by atoms with E-state index in [-0.39, 0.29) is 20.1 Å². The molecule has 0 aliphatic heterocycles. The van der Waals surface area contributed by atoms with Crippen molar-refractivity contribution in [3.8, 4) is 33.6 Å². The molecule has 0 unspecified atom stereocenters. The van der Waals surface area contributed by atoms with Crippen LogP contribution in [-0.2, 0) is 20.1 Å². The number of aromatic nitrogens is 2. The Morgan fingerprint density at radius 3 is 1.38 bits per heavy atom. The van der Waals surface area contributed by atoms with Gasteiger partial charge in [0.25, 0.3) is 0 Å². The van der Waals surface area contributed by atoms with Crippen molar-refractivity contribution in [2.45, 2.75) is 111 Å². The molecule has 0 amide bonds. The molecule has 0 bridgehead atoms. The molecule has 0 aliphatic carbocycles. The Bertz CT molecular complexity index is 1880. The molecule has 0 atom stereocenters. The zero-order valence-corrected chi connectivity index (χ0v) is 34.1. The van der Waals surface area contributed by atoms with E-state index in [0.717, 1.165) is 33.9 Å². The molecule has 2 heterocycles. The van der Waals surface area contributed by atoms with E-state index in [9.17, 15) is 0 Å². The van der Waals surface area contributed by atoms with E-state index in [1.807, 2.05) is 13.8 Å². The zero-order chi connectivity index (χ0) is 34.6. The third-order valence-corrected chi connectivity index (χ3v) is 9.87. The number of hydrogen-bond donors (Lipinski definition) is 0. The second kappa shape index (κ2) is 16.6. The molecule has 1 radical (unpaired) electrons. The fraction of sp³-hybridized carbons (Fsp3) is 0.364. The van der Waals surface area contributed by atoms with E-state index in [0.29, 0.717) is 0 Å². The van der Waals surface area contributed by atoms with Crippen LogP contribution in [0, 0.1) is 109 Å². The molecule has 0 aliphatic rings. The summed E-state index contributed by atoms with van der Waals surface area (Å²) in [5, 5.41) is 0. The maximum atomic E-state index is 4.94. The summed E-state index contributed by atoms with van der Waals surface area (Å²) in [4.78, 5) is 9.74. The van der Waals surface area contributed by atoms with Crippen molar-refractivity contribution in [2.75, 3.05) is 0 Å². The Morgan fingerprint density at radius 2 is 0.894 bits per heavy atom. The van der Waals surface area contributed by atoms with Gasteiger partial charge in [0.15, 0.2) is 0 Å². The van der Waals surface area contributed by atoms with Crippen molar-refractivity contribution < 1.29 is 20.1 Å². The van der Waals surface area contributed by atoms with Gasteiger partial charge in [-0.15, -0.1) is 62.7 Å². The van der Waals surface area contributed by atoms with Crippen LogP contribution in [0.2, 0.25) is 0 Å². The molecule has 251 valence electrons. The molecule has 5 rings (SSSR count). The molecule has 0 saturated carbocycles. The first kappa shape index (κ1) is 39.8. The van der Waals surface area contributed by atoms with Gasteiger partial charge in [-0.1, -0.05) is 114 Å². The van der Waals surface area contributed by atoms with Crippen molar-refractivity contribution in [1.29, 1.82) is 0 Å². The summed E-state index contributed by atoms with van der Waals surface area (Å²) in [5.41, 5.74) is 24.5. The Balaban J connectivity index is 0.000000314. The van der Waals surface area contributed by atoms with Gasteiger partial charge in [0.2, 0.25) is 0 Å². The summed E-state index contributed by atoms with van der Waals surface area (Å²) in [7, 11) is 0. The van der Waals surface area contributed by atoms with Crippen LogP contribution in [-0.4, -0.2) is 9.97 Å². The SMILES string of the molecule is CC.Cc1[c-]c(-c2nc(C)c(C)c(C)c2C)c(C)c(-c2ccccc2)c1C.Cc1[c-]c(-c2nc(C)c(C)c(C)c2C)c(C)cc1C.[Ir]. The summed E-state index contributed by atoms with van der Waals surface area (Å²) in [6, 6.07) is 20.0. The molecular formula is C44H54IrN2-2. The molecule has 3 heteroatoms. The van der Waals surface area contributed by atoms with Gasteiger partial charge in [-0.3, -0.25) is 0 Å². The predicted molar refractivity (Wildman–Crippen MR) is 200 cm³/mol. The molecule has 2 aromatic heterocycles. The van der Waals surface area contributed by atoms with Crippen molar-refractivity contribution in [3.63, 3.8) is 0 Å². The monoisotopic (exact) mass is 803 g/mol. The number of aryl methyl sites for hydroxylation is 6. The second-order valence-corrected chi connectivity index (χ2v) is 12.6. The first-order chi connectivity index (χ1) is 21.6. The van der Waals surface area contributed by atoms with Gasteiger partial charge in [-0.2, -0.15) is 0 Å². The standard InChI is InChI=1S/C24H26N.C18H22N.C2H6.Ir/c1-14-13-22(24-18(5)16(3)17(4)20(7)25-24)19(6)23(15(14)2)21-11-9-8-10-12-21;1-10-8-12(3)17(9-11(10)2)18-15(6)13(4)14(5)16(7)19-18;1-2;/h8-12H,1-7H3;8H,1-7H3;1-2H3;/q2*-1;;. The van der Waals surface area contributed by atoms with E-state index < -0.39 is 0 Å². The van der Waals surface area contributed by atoms with Crippen LogP contribution >= 0.6 is 0 Å². The van der Waals surface area contributed by atoms with E-state index in [4.69, 9.17) is 9.97 Å². The maximum Gasteiger partial charge on any atom is 0.0298 e. The first-order valence-corrected chi connectivity index (χ1v) is 16.6. The number of rotatable bonds is 3. The van der Waals surface area contributed by atoms with Crippen LogP contribution < -0.4 is 0 Å². The van der Waals surface area contributed by atoms with Gasteiger partial charge in [-0.25, -0.2) is 0 Å². The fourth-order valence-electron chi connectivity index (χ4n) is 6.00. The largest absolute Gasteiger partial charge is 0.301 e. The van der Waals surface area contributed by atoms with Crippen LogP contribution in [0.15, 0.2) is 36.4 Å². The van der Waals surface area contributed by atoms with Gasteiger partial charge in [-0.05, 0) is 83.5 Å². The molecule has 47 heavy (non-hydrogen) atoms. The van der Waals surface area contributed by atoms with Crippen molar-refractivity contribution >= 4 is 0 Å². The number of pyridine rings is 2. The van der Waals surface area contributed by atoms with Crippen LogP contribution in [0.25, 0.3) is 33.6 Å². The Labute approximate surface area is 299 Å². The molecule has 2 nitrogen and oxygen atoms in total. The Hall–Kier alpha value is -3.39. The molecule has 0 saturated heterocycles. The Kier molecular flexibility index (Phi) is 14.1. The molecule has 0 fully saturated rings. The quantitative estimate of drug-likeness (QED) is 0.170. The van der Waals surface area contributed by atoms with Gasteiger partial charge in [0, 0.05) is 31.5 Å². The zero-order valence-electron chi connectivity index (χ0n) is 31.7. The third-order valence-electron chi connectivity index (χ3n) is 9.87. The van der Waals surface area contributed by atoms with Crippen LogP contribution in [0.3, 0.4) is 0 Å². The maximum absolute atomic E-state index is 4.94. The van der Waals surface area contributed by atoms with Crippen molar-refractivity contribution in [2.24, 2.45) is 0 Å². The predicted octanol–water partition coefficient (Wildman–Crippen LogP) is 12.1. The molecule has 5 aromatic rings. The molecule has 0 spiro atoms. The minimum Gasteiger partial charge on any atom is -0.301 e. The van der Waals surface area contributed by atoms with E-state index >= 15 is 0 Å². The van der Waals surface area contributed by atoms with Gasteiger partial charge < -0.3 is 9.97 Å². The Morgan fingerprint density at radius 1 is 0.447 bits per heavy atom. The summed E-state index contributed by atoms with van der Waals surface area (Å²) >= 11 is 0. The van der Waals surface area contributed by atoms with Gasteiger partial charge >= 0.3 is 0 Å². The molecular weight excluding hydrogens is 749 g/mol. The topological polar surface area (TPSA) is 25.8 Å². The fourth-order valence-corrected chi connectivity index (χ4v) is 6.00. The average molecular weight is 803 g/mol. The molecule has 0 N–H and O–H groups in total. The summed E-state index contributed by atoms with van der Waals surface area (Å²) in [6.45, 7) is 34.1. The van der Waals surface area contributed by atoms with E-state index in [1.165, 1.54) is 77.9 Å². The van der Waals surface area contributed by atoms with Crippen molar-refractivity contribution in [1.82, 2.24) is 9.97 Å². The van der Waals surface area contributed by atoms with Crippen LogP contribution in [0.5, 0.6) is 0 Å². The van der Waals surface area contributed by atoms with Crippen LogP contribution in [0.1, 0.15) is 92.0 Å². The normalized spacial score (nSPS) is 10.4. The summed E-state index contributed by atoms with van der Waals surface area (Å²) < 4.78 is 0. The average Bonchev–Trinajstić information content (AvgIpc) is 3.04. The first-order valence-electron chi connectivity index (χ1n) is 16.6. The van der Waals surface area contributed by atoms with E-state index in [2.05, 4.69) is 145 Å². The van der Waals surface area contributed by atoms with Gasteiger partial charge in [0.1, 0.15) is 0 Å². The van der Waals surface area contributed by atoms with Gasteiger partial charge in [0.05, 0.1) is 0 Å². The minimum atomic E-state index is 0. The van der Waals surface area contributed by atoms with E-state index in [1.54, 1.807) is 0 Å². The second-order valence-electron chi connectivity index (χ2n) is 12.6. The summed E-state index contributed by atoms with van der Waals surface area (Å²) in [6.07, 6.45) is 0. The summed E-state index contributed by atoms with van der Waals surface area (Å²) in [5.74, 6) is 0. The molecule has 3 aromatic carbocycles. The smallest absolute Gasteiger partial charge is 0.0298 e.